The van der Waals surface area contributed by atoms with Gasteiger partial charge in [-0.2, -0.15) is 0 Å². The summed E-state index contributed by atoms with van der Waals surface area (Å²) in [6.45, 7) is 2.17. The van der Waals surface area contributed by atoms with E-state index in [4.69, 9.17) is 10.5 Å². The van der Waals surface area contributed by atoms with E-state index in [9.17, 15) is 4.39 Å². The Balaban J connectivity index is 2.42. The second-order valence-corrected chi connectivity index (χ2v) is 4.16. The van der Waals surface area contributed by atoms with Crippen molar-refractivity contribution in [1.82, 2.24) is 0 Å². The number of ether oxygens (including phenoxy) is 1. The Morgan fingerprint density at radius 2 is 2.06 bits per heavy atom. The predicted molar refractivity (Wildman–Crippen MR) is 70.0 cm³/mol. The van der Waals surface area contributed by atoms with Gasteiger partial charge in [0.25, 0.3) is 0 Å². The van der Waals surface area contributed by atoms with Crippen LogP contribution in [-0.2, 0) is 4.74 Å². The molecule has 0 spiro atoms. The number of hydrogen-bond acceptors (Lipinski definition) is 2. The van der Waals surface area contributed by atoms with Crippen molar-refractivity contribution in [2.24, 2.45) is 5.73 Å². The third-order valence-electron chi connectivity index (χ3n) is 2.83. The third-order valence-corrected chi connectivity index (χ3v) is 2.83. The quantitative estimate of drug-likeness (QED) is 0.811. The topological polar surface area (TPSA) is 35.2 Å². The first-order valence-corrected chi connectivity index (χ1v) is 5.98. The molecule has 1 aliphatic rings. The van der Waals surface area contributed by atoms with Crippen LogP contribution < -0.4 is 5.73 Å². The van der Waals surface area contributed by atoms with Gasteiger partial charge in [-0.1, -0.05) is 17.9 Å². The Hall–Kier alpha value is -1.83. The molecule has 0 fully saturated rings. The third kappa shape index (κ3) is 2.89. The molecule has 2 rings (SSSR count). The summed E-state index contributed by atoms with van der Waals surface area (Å²) in [5.41, 5.74) is 10.8. The Bertz CT molecular complexity index is 522. The van der Waals surface area contributed by atoms with E-state index < -0.39 is 0 Å². The first-order valence-electron chi connectivity index (χ1n) is 5.98. The molecule has 0 saturated heterocycles. The standard InChI is InChI=1S/C15H16FNO/c1-11-4-2-3-5-14(15(10-17)18-11)12-6-8-13(16)9-7-12/h2,6-9H,3,5,10,17H2,1H3/b15-14+. The molecule has 0 amide bonds. The number of rotatable bonds is 2. The van der Waals surface area contributed by atoms with Gasteiger partial charge in [0, 0.05) is 6.92 Å². The van der Waals surface area contributed by atoms with Crippen molar-refractivity contribution < 1.29 is 9.13 Å². The molecule has 2 N–H and O–H groups in total. The van der Waals surface area contributed by atoms with Gasteiger partial charge in [0.05, 0.1) is 6.54 Å². The van der Waals surface area contributed by atoms with Gasteiger partial charge in [0.1, 0.15) is 17.3 Å². The van der Waals surface area contributed by atoms with E-state index in [1.165, 1.54) is 12.1 Å². The highest BCUT2D eigenvalue weighted by Crippen LogP contribution is 2.27. The lowest BCUT2D eigenvalue weighted by Crippen LogP contribution is -2.09. The molecule has 1 aromatic carbocycles. The summed E-state index contributed by atoms with van der Waals surface area (Å²) in [4.78, 5) is 0. The zero-order valence-electron chi connectivity index (χ0n) is 10.4. The van der Waals surface area contributed by atoms with E-state index in [1.807, 2.05) is 13.0 Å². The van der Waals surface area contributed by atoms with Crippen LogP contribution in [-0.4, -0.2) is 6.54 Å². The van der Waals surface area contributed by atoms with Crippen LogP contribution in [0.15, 0.2) is 47.6 Å². The molecule has 1 aromatic rings. The normalized spacial score (nSPS) is 19.8. The number of allylic oxidation sites excluding steroid dienone is 2. The van der Waals surface area contributed by atoms with E-state index in [2.05, 4.69) is 5.73 Å². The Labute approximate surface area is 106 Å². The average Bonchev–Trinajstić information content (AvgIpc) is 2.35. The van der Waals surface area contributed by atoms with E-state index in [-0.39, 0.29) is 5.82 Å². The van der Waals surface area contributed by atoms with Crippen LogP contribution in [0, 0.1) is 5.82 Å². The van der Waals surface area contributed by atoms with Crippen LogP contribution in [0.2, 0.25) is 0 Å². The molecule has 0 atom stereocenters. The van der Waals surface area contributed by atoms with Crippen molar-refractivity contribution in [1.29, 1.82) is 0 Å². The fraction of sp³-hybridized carbons (Fsp3) is 0.267. The van der Waals surface area contributed by atoms with Crippen LogP contribution in [0.25, 0.3) is 5.57 Å². The van der Waals surface area contributed by atoms with Gasteiger partial charge in [-0.05, 0) is 42.2 Å². The second-order valence-electron chi connectivity index (χ2n) is 4.16. The summed E-state index contributed by atoms with van der Waals surface area (Å²) in [7, 11) is 0. The summed E-state index contributed by atoms with van der Waals surface area (Å²) in [6, 6.07) is 6.42. The first kappa shape index (κ1) is 12.6. The molecule has 1 aliphatic heterocycles. The largest absolute Gasteiger partial charge is 0.457 e. The van der Waals surface area contributed by atoms with Crippen LogP contribution in [0.5, 0.6) is 0 Å². The molecule has 2 nitrogen and oxygen atoms in total. The molecule has 0 bridgehead atoms. The molecule has 94 valence electrons. The number of nitrogens with two attached hydrogens (primary N) is 1. The fourth-order valence-electron chi connectivity index (χ4n) is 1.97. The number of halogens is 1. The maximum Gasteiger partial charge on any atom is 0.142 e. The Morgan fingerprint density at radius 3 is 2.72 bits per heavy atom. The van der Waals surface area contributed by atoms with Gasteiger partial charge in [0.2, 0.25) is 0 Å². The van der Waals surface area contributed by atoms with Gasteiger partial charge in [-0.25, -0.2) is 4.39 Å². The van der Waals surface area contributed by atoms with E-state index in [0.29, 0.717) is 12.3 Å². The molecular weight excluding hydrogens is 229 g/mol. The van der Waals surface area contributed by atoms with E-state index >= 15 is 0 Å². The van der Waals surface area contributed by atoms with Crippen molar-refractivity contribution in [3.63, 3.8) is 0 Å². The van der Waals surface area contributed by atoms with Gasteiger partial charge in [-0.15, -0.1) is 0 Å². The van der Waals surface area contributed by atoms with Crippen LogP contribution in [0.3, 0.4) is 0 Å². The van der Waals surface area contributed by atoms with Crippen LogP contribution in [0.4, 0.5) is 4.39 Å². The van der Waals surface area contributed by atoms with Crippen molar-refractivity contribution in [3.05, 3.63) is 59.0 Å². The van der Waals surface area contributed by atoms with Crippen molar-refractivity contribution in [3.8, 4) is 0 Å². The fourth-order valence-corrected chi connectivity index (χ4v) is 1.97. The van der Waals surface area contributed by atoms with E-state index in [0.717, 1.165) is 29.7 Å². The zero-order valence-corrected chi connectivity index (χ0v) is 10.4. The molecule has 3 heteroatoms. The van der Waals surface area contributed by atoms with Gasteiger partial charge in [-0.3, -0.25) is 0 Å². The molecule has 0 radical (unpaired) electrons. The maximum absolute atomic E-state index is 12.9. The van der Waals surface area contributed by atoms with Crippen LogP contribution in [0.1, 0.15) is 25.3 Å². The highest BCUT2D eigenvalue weighted by Gasteiger charge is 2.11. The lowest BCUT2D eigenvalue weighted by molar-refractivity contribution is 0.303. The minimum atomic E-state index is -0.239. The lowest BCUT2D eigenvalue weighted by Gasteiger charge is -2.16. The molecule has 0 saturated carbocycles. The Morgan fingerprint density at radius 1 is 1.33 bits per heavy atom. The van der Waals surface area contributed by atoms with E-state index in [1.54, 1.807) is 12.1 Å². The summed E-state index contributed by atoms with van der Waals surface area (Å²) < 4.78 is 18.6. The summed E-state index contributed by atoms with van der Waals surface area (Å²) in [5.74, 6) is 1.20. The van der Waals surface area contributed by atoms with Crippen molar-refractivity contribution in [2.75, 3.05) is 6.54 Å². The number of benzene rings is 1. The molecule has 0 unspecified atom stereocenters. The molecule has 18 heavy (non-hydrogen) atoms. The molecule has 1 heterocycles. The van der Waals surface area contributed by atoms with Crippen molar-refractivity contribution in [2.45, 2.75) is 19.8 Å². The monoisotopic (exact) mass is 245 g/mol. The smallest absolute Gasteiger partial charge is 0.142 e. The Kier molecular flexibility index (Phi) is 3.98. The minimum Gasteiger partial charge on any atom is -0.457 e. The highest BCUT2D eigenvalue weighted by atomic mass is 19.1. The zero-order chi connectivity index (χ0) is 13.0. The van der Waals surface area contributed by atoms with Gasteiger partial charge >= 0.3 is 0 Å². The minimum absolute atomic E-state index is 0.239. The maximum atomic E-state index is 12.9. The molecule has 0 aliphatic carbocycles. The van der Waals surface area contributed by atoms with Gasteiger partial charge in [0.15, 0.2) is 0 Å². The summed E-state index contributed by atoms with van der Waals surface area (Å²) >= 11 is 0. The first-order chi connectivity index (χ1) is 8.70. The summed E-state index contributed by atoms with van der Waals surface area (Å²) in [5, 5.41) is 0. The molecular formula is C15H16FNO. The number of hydrogen-bond donors (Lipinski definition) is 1. The van der Waals surface area contributed by atoms with Crippen LogP contribution >= 0.6 is 0 Å². The summed E-state index contributed by atoms with van der Waals surface area (Å²) in [6.07, 6.45) is 3.64. The average molecular weight is 245 g/mol. The molecule has 0 aromatic heterocycles. The SMILES string of the molecule is CC1=C=CCC/C(c2ccc(F)cc2)=C(/CN)O1. The van der Waals surface area contributed by atoms with Crippen molar-refractivity contribution >= 4 is 5.57 Å². The highest BCUT2D eigenvalue weighted by molar-refractivity contribution is 5.68. The second kappa shape index (κ2) is 5.67. The predicted octanol–water partition coefficient (Wildman–Crippen LogP) is 3.36. The lowest BCUT2D eigenvalue weighted by atomic mass is 9.99. The van der Waals surface area contributed by atoms with Gasteiger partial charge < -0.3 is 10.5 Å².